The van der Waals surface area contributed by atoms with E-state index in [1.54, 1.807) is 20.8 Å². The van der Waals surface area contributed by atoms with Crippen molar-refractivity contribution in [3.05, 3.63) is 192 Å². The summed E-state index contributed by atoms with van der Waals surface area (Å²) in [7, 11) is 0. The number of esters is 3. The van der Waals surface area contributed by atoms with Gasteiger partial charge in [0.05, 0.1) is 33.6 Å². The number of carbonyl (C=O) groups is 4. The highest BCUT2D eigenvalue weighted by atomic mass is 16.5. The zero-order valence-corrected chi connectivity index (χ0v) is 47.5. The second kappa shape index (κ2) is 20.2. The Morgan fingerprint density at radius 1 is 0.561 bits per heavy atom. The van der Waals surface area contributed by atoms with Gasteiger partial charge in [0.15, 0.2) is 0 Å². The van der Waals surface area contributed by atoms with Gasteiger partial charge in [-0.2, -0.15) is 4.58 Å². The molecular weight excluding hydrogens is 1020 g/mol. The highest BCUT2D eigenvalue weighted by Crippen LogP contribution is 2.59. The van der Waals surface area contributed by atoms with Crippen LogP contribution in [0.1, 0.15) is 92.6 Å². The second-order valence-corrected chi connectivity index (χ2v) is 24.0. The highest BCUT2D eigenvalue weighted by molar-refractivity contribution is 6.53. The summed E-state index contributed by atoms with van der Waals surface area (Å²) in [5.41, 5.74) is 6.28. The topological polar surface area (TPSA) is 138 Å². The van der Waals surface area contributed by atoms with Crippen molar-refractivity contribution in [1.82, 2.24) is 4.58 Å². The van der Waals surface area contributed by atoms with E-state index in [-0.39, 0.29) is 22.7 Å². The molecule has 0 saturated heterocycles. The summed E-state index contributed by atoms with van der Waals surface area (Å²) < 4.78 is 19.4. The molecule has 12 rings (SSSR count). The number of Topliss-reactive ketones (excluding diaryl/α,β-unsaturated/α-hetero) is 1. The summed E-state index contributed by atoms with van der Waals surface area (Å²) in [6.07, 6.45) is 5.46. The molecule has 0 amide bonds. The molecule has 2 heterocycles. The summed E-state index contributed by atoms with van der Waals surface area (Å²) in [5, 5.41) is 21.7. The Balaban J connectivity index is 1.04. The number of ketones is 1. The van der Waals surface area contributed by atoms with Crippen LogP contribution in [-0.4, -0.2) is 40.1 Å². The first-order chi connectivity index (χ1) is 39.2. The normalized spacial score (nSPS) is 23.4. The lowest BCUT2D eigenvalue weighted by molar-refractivity contribution is -0.130. The van der Waals surface area contributed by atoms with Crippen molar-refractivity contribution < 1.29 is 38.5 Å². The molecule has 82 heavy (non-hydrogen) atoms. The van der Waals surface area contributed by atoms with E-state index in [4.69, 9.17) is 14.2 Å². The average molecular weight is 1090 g/mol. The van der Waals surface area contributed by atoms with E-state index in [1.807, 2.05) is 109 Å². The van der Waals surface area contributed by atoms with Crippen LogP contribution >= 0.6 is 0 Å². The van der Waals surface area contributed by atoms with Crippen LogP contribution < -0.4 is 44.5 Å². The van der Waals surface area contributed by atoms with Crippen LogP contribution in [0.4, 0.5) is 34.1 Å². The van der Waals surface area contributed by atoms with Gasteiger partial charge < -0.3 is 34.4 Å². The van der Waals surface area contributed by atoms with Gasteiger partial charge in [-0.3, -0.25) is 4.79 Å². The SMILES string of the molecule is C=C(C)C(=O)Oc1ccc(N2c3cccc4c(C5=C(O)/C(=c6/ccc7c8c(cccc68)NC6(CC(C)CC(C)C6)[N+]=7c6ccc(OC(=O)C(=C)C)cc6)C5=O)ccc(c34)N(c3ccc(OC(=O)C(=C)C)cc3)C23CC(C)CC(C)C3)cc1. The maximum Gasteiger partial charge on any atom is 0.338 e. The Kier molecular flexibility index (Phi) is 13.2. The maximum atomic E-state index is 15.3. The molecule has 0 bridgehead atoms. The van der Waals surface area contributed by atoms with Crippen LogP contribution in [0.3, 0.4) is 0 Å². The van der Waals surface area contributed by atoms with Crippen LogP contribution in [0.15, 0.2) is 176 Å². The molecular formula is C70H67N4O8+. The molecule has 12 heteroatoms. The van der Waals surface area contributed by atoms with Crippen LogP contribution in [-0.2, 0) is 19.2 Å². The van der Waals surface area contributed by atoms with E-state index in [0.29, 0.717) is 68.4 Å². The maximum absolute atomic E-state index is 15.3. The molecule has 5 aliphatic rings. The highest BCUT2D eigenvalue weighted by Gasteiger charge is 2.54. The first kappa shape index (κ1) is 53.6. The average Bonchev–Trinajstić information content (AvgIpc) is 3.27. The molecule has 2 N–H and O–H groups in total. The van der Waals surface area contributed by atoms with Crippen LogP contribution in [0.25, 0.3) is 32.7 Å². The number of nitrogens with one attached hydrogen (secondary N) is 1. The quantitative estimate of drug-likeness (QED) is 0.0586. The number of aliphatic hydroxyl groups excluding tert-OH is 1. The number of carbonyl (C=O) groups excluding carboxylic acids is 4. The molecule has 2 saturated carbocycles. The molecule has 414 valence electrons. The predicted molar refractivity (Wildman–Crippen MR) is 324 cm³/mol. The van der Waals surface area contributed by atoms with Crippen molar-refractivity contribution in [3.8, 4) is 17.2 Å². The number of hydrogen-bond donors (Lipinski definition) is 2. The Morgan fingerprint density at radius 2 is 1.04 bits per heavy atom. The standard InChI is InChI=1S/C70H66N4O8/c1-39(2)66(77)80-49-23-17-46(18-24-49)72-58-31-29-54(52-13-11-15-56(60(52)58)71-69(72)35-42(7)33-43(8)36-69)62-64(75)63(65(62)76)55-30-32-59-61-53(55)14-12-16-57(61)73(47-19-25-50(26-20-47)81-67(78)40(3)4)70(37-44(9)34-45(10)38-70)74(59)48-21-27-51(28-22-48)82-68(79)41(5)6/h11-32,42-45H,1,3,5,33-38H2,2,4,6-10H3,(H,75,76)/p+1. The summed E-state index contributed by atoms with van der Waals surface area (Å²) in [6, 6.07) is 43.2. The zero-order valence-electron chi connectivity index (χ0n) is 47.5. The van der Waals surface area contributed by atoms with Crippen LogP contribution in [0.2, 0.25) is 0 Å². The van der Waals surface area contributed by atoms with Crippen molar-refractivity contribution in [2.45, 2.75) is 98.3 Å². The zero-order chi connectivity index (χ0) is 57.7. The first-order valence-corrected chi connectivity index (χ1v) is 28.4. The number of ether oxygens (including phenoxy) is 3. The summed E-state index contributed by atoms with van der Waals surface area (Å²) in [6.45, 7) is 25.4. The Bertz CT molecular complexity index is 3990. The van der Waals surface area contributed by atoms with Gasteiger partial charge in [-0.15, -0.1) is 0 Å². The van der Waals surface area contributed by atoms with Gasteiger partial charge >= 0.3 is 17.9 Å². The smallest absolute Gasteiger partial charge is 0.338 e. The number of benzene rings is 7. The van der Waals surface area contributed by atoms with Crippen molar-refractivity contribution in [3.63, 3.8) is 0 Å². The Morgan fingerprint density at radius 3 is 1.55 bits per heavy atom. The van der Waals surface area contributed by atoms with E-state index < -0.39 is 29.2 Å². The molecule has 4 atom stereocenters. The van der Waals surface area contributed by atoms with E-state index >= 15 is 4.79 Å². The number of aliphatic hydroxyl groups is 1. The predicted octanol–water partition coefficient (Wildman–Crippen LogP) is 14.0. The molecule has 4 unspecified atom stereocenters. The lowest BCUT2D eigenvalue weighted by atomic mass is 9.72. The lowest BCUT2D eigenvalue weighted by Crippen LogP contribution is -2.62. The monoisotopic (exact) mass is 1090 g/mol. The van der Waals surface area contributed by atoms with E-state index in [2.05, 4.69) is 91.4 Å². The fourth-order valence-corrected chi connectivity index (χ4v) is 14.4. The minimum atomic E-state index is -0.685. The molecule has 7 aromatic rings. The third-order valence-corrected chi connectivity index (χ3v) is 17.1. The van der Waals surface area contributed by atoms with E-state index in [0.717, 1.165) is 99.6 Å². The summed E-state index contributed by atoms with van der Waals surface area (Å²) in [5.74, 6) is 0.841. The number of anilines is 5. The third kappa shape index (κ3) is 8.87. The molecule has 0 radical (unpaired) electrons. The van der Waals surface area contributed by atoms with Crippen molar-refractivity contribution >= 4 is 90.5 Å². The fraction of sp³-hybridized carbons (Fsp3) is 0.271. The van der Waals surface area contributed by atoms with Crippen LogP contribution in [0.5, 0.6) is 17.2 Å². The molecule has 0 aromatic heterocycles. The van der Waals surface area contributed by atoms with E-state index in [1.165, 1.54) is 0 Å². The molecule has 12 nitrogen and oxygen atoms in total. The van der Waals surface area contributed by atoms with Crippen LogP contribution in [0, 0.1) is 23.7 Å². The van der Waals surface area contributed by atoms with Gasteiger partial charge in [0, 0.05) is 64.5 Å². The molecule has 2 spiro atoms. The molecule has 7 aromatic carbocycles. The van der Waals surface area contributed by atoms with Gasteiger partial charge in [0.25, 0.3) is 0 Å². The second-order valence-electron chi connectivity index (χ2n) is 24.0. The van der Waals surface area contributed by atoms with Gasteiger partial charge in [-0.1, -0.05) is 77.8 Å². The minimum Gasteiger partial charge on any atom is -0.506 e. The Labute approximate surface area is 477 Å². The molecule has 2 fully saturated rings. The van der Waals surface area contributed by atoms with Crippen molar-refractivity contribution in [2.24, 2.45) is 23.7 Å². The van der Waals surface area contributed by atoms with Crippen molar-refractivity contribution in [2.75, 3.05) is 15.1 Å². The first-order valence-electron chi connectivity index (χ1n) is 28.4. The number of nitrogens with zero attached hydrogens (tertiary/aromatic N) is 3. The Hall–Kier alpha value is -9.03. The third-order valence-electron chi connectivity index (χ3n) is 17.1. The fourth-order valence-electron chi connectivity index (χ4n) is 14.4. The molecule has 2 aliphatic heterocycles. The van der Waals surface area contributed by atoms with Gasteiger partial charge in [0.1, 0.15) is 28.7 Å². The van der Waals surface area contributed by atoms with Gasteiger partial charge in [0.2, 0.25) is 22.5 Å². The summed E-state index contributed by atoms with van der Waals surface area (Å²) >= 11 is 0. The van der Waals surface area contributed by atoms with Gasteiger partial charge in [-0.05, 0) is 177 Å². The molecule has 3 aliphatic carbocycles. The number of allylic oxidation sites excluding steroid dienone is 2. The lowest BCUT2D eigenvalue weighted by Gasteiger charge is -2.59. The van der Waals surface area contributed by atoms with Crippen molar-refractivity contribution in [1.29, 1.82) is 0 Å². The minimum absolute atomic E-state index is 0.0750. The van der Waals surface area contributed by atoms with E-state index in [9.17, 15) is 19.5 Å². The number of hydrogen-bond acceptors (Lipinski definition) is 11. The number of rotatable bonds is 10. The summed E-state index contributed by atoms with van der Waals surface area (Å²) in [4.78, 5) is 58.0. The largest absolute Gasteiger partial charge is 0.506 e. The van der Waals surface area contributed by atoms with Gasteiger partial charge in [-0.25, -0.2) is 14.4 Å².